The molecule has 1 aliphatic rings. The molecule has 10 nitrogen and oxygen atoms in total. The number of alkyl carbamates (subject to hydrolysis) is 1. The van der Waals surface area contributed by atoms with Gasteiger partial charge in [0.1, 0.15) is 22.6 Å². The first-order chi connectivity index (χ1) is 17.3. The maximum Gasteiger partial charge on any atom is 0.407 e. The van der Waals surface area contributed by atoms with Crippen molar-refractivity contribution < 1.29 is 9.53 Å². The molecule has 1 aliphatic heterocycles. The molecule has 36 heavy (non-hydrogen) atoms. The van der Waals surface area contributed by atoms with Gasteiger partial charge in [-0.2, -0.15) is 5.10 Å². The van der Waals surface area contributed by atoms with E-state index in [0.29, 0.717) is 12.4 Å². The molecule has 3 N–H and O–H groups in total. The van der Waals surface area contributed by atoms with Crippen LogP contribution in [0.5, 0.6) is 0 Å². The maximum absolute atomic E-state index is 12.3. The summed E-state index contributed by atoms with van der Waals surface area (Å²) in [4.78, 5) is 27.3. The fourth-order valence-corrected chi connectivity index (χ4v) is 4.54. The van der Waals surface area contributed by atoms with Gasteiger partial charge in [0, 0.05) is 37.9 Å². The lowest BCUT2D eigenvalue weighted by molar-refractivity contribution is 0.0500. The van der Waals surface area contributed by atoms with Gasteiger partial charge < -0.3 is 25.3 Å². The highest BCUT2D eigenvalue weighted by molar-refractivity contribution is 5.91. The molecule has 0 saturated carbocycles. The third-order valence-corrected chi connectivity index (χ3v) is 6.05. The van der Waals surface area contributed by atoms with Gasteiger partial charge in [0.05, 0.1) is 11.7 Å². The first-order valence-corrected chi connectivity index (χ1v) is 12.2. The topological polar surface area (TPSA) is 113 Å². The molecule has 1 fully saturated rings. The fourth-order valence-electron chi connectivity index (χ4n) is 4.54. The first-order valence-electron chi connectivity index (χ1n) is 12.2. The quantitative estimate of drug-likeness (QED) is 0.376. The molecule has 0 unspecified atom stereocenters. The van der Waals surface area contributed by atoms with E-state index in [-0.39, 0.29) is 12.1 Å². The molecule has 0 bridgehead atoms. The van der Waals surface area contributed by atoms with E-state index in [0.717, 1.165) is 53.3 Å². The number of amides is 1. The smallest absolute Gasteiger partial charge is 0.407 e. The Bertz CT molecular complexity index is 1360. The number of carbonyl (C=O) groups is 1. The van der Waals surface area contributed by atoms with Crippen LogP contribution >= 0.6 is 0 Å². The predicted octanol–water partition coefficient (Wildman–Crippen LogP) is 4.60. The number of nitrogens with zero attached hydrogens (tertiary/aromatic N) is 5. The molecule has 5 rings (SSSR count). The van der Waals surface area contributed by atoms with Crippen LogP contribution in [0.25, 0.3) is 22.4 Å². The Morgan fingerprint density at radius 1 is 1.19 bits per heavy atom. The number of piperidine rings is 1. The molecular weight excluding hydrogens is 456 g/mol. The lowest BCUT2D eigenvalue weighted by Crippen LogP contribution is -2.49. The van der Waals surface area contributed by atoms with E-state index in [1.165, 1.54) is 0 Å². The number of fused-ring (bicyclic) bond motifs is 1. The standard InChI is InChI=1S/C26H32N8O2/c1-26(2,3)36-25(35)29-18-11-8-14-34(16-18)24-20(15-28-33(24)4)31-23-21-19(12-13-27-23)30-22(32-21)17-9-6-5-7-10-17/h5-7,9-10,12-13,15,18H,8,11,14,16H2,1-4H3,(H,27,31)(H,29,35)(H,30,32)/t18-/m0/s1. The summed E-state index contributed by atoms with van der Waals surface area (Å²) < 4.78 is 7.30. The minimum Gasteiger partial charge on any atom is -0.444 e. The van der Waals surface area contributed by atoms with Crippen molar-refractivity contribution in [2.75, 3.05) is 23.3 Å². The Labute approximate surface area is 210 Å². The van der Waals surface area contributed by atoms with Crippen molar-refractivity contribution >= 4 is 34.4 Å². The number of carbonyl (C=O) groups excluding carboxylic acids is 1. The molecule has 4 heterocycles. The van der Waals surface area contributed by atoms with Crippen LogP contribution in [0.1, 0.15) is 33.6 Å². The fraction of sp³-hybridized carbons (Fsp3) is 0.385. The highest BCUT2D eigenvalue weighted by Gasteiger charge is 2.27. The average molecular weight is 489 g/mol. The summed E-state index contributed by atoms with van der Waals surface area (Å²) in [7, 11) is 1.92. The summed E-state index contributed by atoms with van der Waals surface area (Å²) in [5.74, 6) is 2.38. The molecule has 188 valence electrons. The number of nitrogens with one attached hydrogen (secondary N) is 3. The van der Waals surface area contributed by atoms with E-state index in [1.807, 2.05) is 68.9 Å². The largest absolute Gasteiger partial charge is 0.444 e. The number of H-pyrrole nitrogens is 1. The summed E-state index contributed by atoms with van der Waals surface area (Å²) in [6.45, 7) is 7.11. The van der Waals surface area contributed by atoms with Gasteiger partial charge >= 0.3 is 6.09 Å². The highest BCUT2D eigenvalue weighted by atomic mass is 16.6. The molecule has 4 aromatic rings. The number of hydrogen-bond donors (Lipinski definition) is 3. The third-order valence-electron chi connectivity index (χ3n) is 6.05. The average Bonchev–Trinajstić information content (AvgIpc) is 3.43. The number of aryl methyl sites for hydroxylation is 1. The molecular formula is C26H32N8O2. The van der Waals surface area contributed by atoms with Crippen molar-refractivity contribution in [3.8, 4) is 11.4 Å². The Morgan fingerprint density at radius 3 is 2.78 bits per heavy atom. The summed E-state index contributed by atoms with van der Waals surface area (Å²) in [6, 6.07) is 11.9. The van der Waals surface area contributed by atoms with Gasteiger partial charge in [-0.15, -0.1) is 0 Å². The molecule has 1 amide bonds. The van der Waals surface area contributed by atoms with E-state index in [4.69, 9.17) is 9.72 Å². The van der Waals surface area contributed by atoms with E-state index in [2.05, 4.69) is 30.6 Å². The maximum atomic E-state index is 12.3. The van der Waals surface area contributed by atoms with Crippen LogP contribution in [0.15, 0.2) is 48.8 Å². The normalized spacial score (nSPS) is 16.2. The Balaban J connectivity index is 1.37. The van der Waals surface area contributed by atoms with Crippen LogP contribution in [0, 0.1) is 0 Å². The van der Waals surface area contributed by atoms with Crippen molar-refractivity contribution in [1.82, 2.24) is 30.0 Å². The van der Waals surface area contributed by atoms with Gasteiger partial charge in [-0.1, -0.05) is 30.3 Å². The minimum absolute atomic E-state index is 0.0160. The van der Waals surface area contributed by atoms with E-state index >= 15 is 0 Å². The zero-order chi connectivity index (χ0) is 25.3. The number of aromatic amines is 1. The molecule has 1 saturated heterocycles. The minimum atomic E-state index is -0.530. The van der Waals surface area contributed by atoms with Gasteiger partial charge in [0.2, 0.25) is 0 Å². The van der Waals surface area contributed by atoms with E-state index < -0.39 is 5.60 Å². The molecule has 10 heteroatoms. The van der Waals surface area contributed by atoms with Crippen LogP contribution in [0.3, 0.4) is 0 Å². The van der Waals surface area contributed by atoms with Gasteiger partial charge in [-0.3, -0.25) is 4.68 Å². The van der Waals surface area contributed by atoms with Crippen molar-refractivity contribution in [3.05, 3.63) is 48.8 Å². The number of rotatable bonds is 5. The molecule has 1 aromatic carbocycles. The summed E-state index contributed by atoms with van der Waals surface area (Å²) >= 11 is 0. The van der Waals surface area contributed by atoms with E-state index in [9.17, 15) is 4.79 Å². The summed E-state index contributed by atoms with van der Waals surface area (Å²) in [5, 5.41) is 11.0. The van der Waals surface area contributed by atoms with Crippen LogP contribution in [-0.4, -0.2) is 55.6 Å². The SMILES string of the molecule is Cn1ncc(Nc2nccc3[nH]c(-c4ccccc4)nc23)c1N1CCC[C@H](NC(=O)OC(C)(C)C)C1. The van der Waals surface area contributed by atoms with Crippen LogP contribution in [-0.2, 0) is 11.8 Å². The molecule has 3 aromatic heterocycles. The molecule has 1 atom stereocenters. The second-order valence-electron chi connectivity index (χ2n) is 10.1. The number of hydrogen-bond acceptors (Lipinski definition) is 7. The zero-order valence-corrected chi connectivity index (χ0v) is 21.1. The lowest BCUT2D eigenvalue weighted by atomic mass is 10.1. The van der Waals surface area contributed by atoms with E-state index in [1.54, 1.807) is 12.4 Å². The zero-order valence-electron chi connectivity index (χ0n) is 21.1. The number of aromatic nitrogens is 5. The first kappa shape index (κ1) is 23.7. The van der Waals surface area contributed by atoms with Crippen molar-refractivity contribution in [2.45, 2.75) is 45.3 Å². The highest BCUT2D eigenvalue weighted by Crippen LogP contribution is 2.32. The van der Waals surface area contributed by atoms with Gasteiger partial charge in [0.15, 0.2) is 11.6 Å². The van der Waals surface area contributed by atoms with Crippen molar-refractivity contribution in [1.29, 1.82) is 0 Å². The number of benzene rings is 1. The summed E-state index contributed by atoms with van der Waals surface area (Å²) in [6.07, 6.45) is 5.01. The predicted molar refractivity (Wildman–Crippen MR) is 140 cm³/mol. The second-order valence-corrected chi connectivity index (χ2v) is 10.1. The van der Waals surface area contributed by atoms with Gasteiger partial charge in [-0.05, 0) is 39.7 Å². The molecule has 0 spiro atoms. The molecule has 0 radical (unpaired) electrons. The number of ether oxygens (including phenoxy) is 1. The summed E-state index contributed by atoms with van der Waals surface area (Å²) in [5.41, 5.74) is 2.97. The molecule has 0 aliphatic carbocycles. The van der Waals surface area contributed by atoms with Crippen molar-refractivity contribution in [2.24, 2.45) is 7.05 Å². The van der Waals surface area contributed by atoms with Crippen molar-refractivity contribution in [3.63, 3.8) is 0 Å². The third kappa shape index (κ3) is 5.12. The number of pyridine rings is 1. The second kappa shape index (κ2) is 9.52. The lowest BCUT2D eigenvalue weighted by Gasteiger charge is -2.35. The van der Waals surface area contributed by atoms with Crippen LogP contribution < -0.4 is 15.5 Å². The monoisotopic (exact) mass is 488 g/mol. The van der Waals surface area contributed by atoms with Crippen LogP contribution in [0.4, 0.5) is 22.1 Å². The van der Waals surface area contributed by atoms with Gasteiger partial charge in [-0.25, -0.2) is 14.8 Å². The van der Waals surface area contributed by atoms with Gasteiger partial charge in [0.25, 0.3) is 0 Å². The Morgan fingerprint density at radius 2 is 2.00 bits per heavy atom. The Hall–Kier alpha value is -4.08. The van der Waals surface area contributed by atoms with Crippen LogP contribution in [0.2, 0.25) is 0 Å². The Kier molecular flexibility index (Phi) is 6.26. The number of imidazole rings is 1. The number of anilines is 3.